The summed E-state index contributed by atoms with van der Waals surface area (Å²) in [6.07, 6.45) is 4.70. The normalized spacial score (nSPS) is 11.6. The molecule has 0 aliphatic rings. The van der Waals surface area contributed by atoms with Gasteiger partial charge in [0.25, 0.3) is 0 Å². The van der Waals surface area contributed by atoms with E-state index >= 15 is 0 Å². The molecule has 1 aromatic carbocycles. The molecule has 1 N–H and O–H groups in total. The van der Waals surface area contributed by atoms with Crippen LogP contribution in [0.5, 0.6) is 0 Å². The third-order valence-corrected chi connectivity index (χ3v) is 4.42. The van der Waals surface area contributed by atoms with Crippen LogP contribution in [0.25, 0.3) is 5.69 Å². The molecule has 0 fully saturated rings. The van der Waals surface area contributed by atoms with Crippen molar-refractivity contribution in [1.82, 2.24) is 24.6 Å². The molecule has 0 radical (unpaired) electrons. The van der Waals surface area contributed by atoms with E-state index in [0.717, 1.165) is 36.9 Å². The summed E-state index contributed by atoms with van der Waals surface area (Å²) in [6.45, 7) is 1.51. The van der Waals surface area contributed by atoms with E-state index in [9.17, 15) is 4.39 Å². The van der Waals surface area contributed by atoms with E-state index in [1.54, 1.807) is 23.9 Å². The molecule has 0 unspecified atom stereocenters. The standard InChI is InChI=1S/C20H25FN6/c1-22-20(26(3)15-19-5-4-13-25(19)2)23-12-10-17-11-14-27(24-17)18-8-6-16(21)7-9-18/h4-9,11,13-14H,10,12,15H2,1-3H3,(H,22,23). The van der Waals surface area contributed by atoms with Crippen molar-refractivity contribution in [3.05, 3.63) is 72.1 Å². The van der Waals surface area contributed by atoms with Crippen LogP contribution in [0, 0.1) is 5.82 Å². The Balaban J connectivity index is 1.52. The van der Waals surface area contributed by atoms with Crippen molar-refractivity contribution in [3.8, 4) is 5.69 Å². The van der Waals surface area contributed by atoms with Gasteiger partial charge in [-0.15, -0.1) is 0 Å². The SMILES string of the molecule is CN=C(NCCc1ccn(-c2ccc(F)cc2)n1)N(C)Cc1cccn1C. The Morgan fingerprint density at radius 2 is 1.96 bits per heavy atom. The van der Waals surface area contributed by atoms with E-state index in [0.29, 0.717) is 0 Å². The minimum atomic E-state index is -0.249. The second-order valence-corrected chi connectivity index (χ2v) is 6.42. The number of rotatable bonds is 6. The van der Waals surface area contributed by atoms with Crippen LogP contribution in [0.15, 0.2) is 59.9 Å². The van der Waals surface area contributed by atoms with Gasteiger partial charge in [-0.25, -0.2) is 9.07 Å². The smallest absolute Gasteiger partial charge is 0.193 e. The quantitative estimate of drug-likeness (QED) is 0.537. The molecule has 2 heterocycles. The number of hydrogen-bond donors (Lipinski definition) is 1. The maximum atomic E-state index is 13.0. The van der Waals surface area contributed by atoms with Crippen molar-refractivity contribution in [3.63, 3.8) is 0 Å². The van der Waals surface area contributed by atoms with Crippen LogP contribution in [0.2, 0.25) is 0 Å². The molecular weight excluding hydrogens is 343 g/mol. The Morgan fingerprint density at radius 3 is 2.63 bits per heavy atom. The van der Waals surface area contributed by atoms with E-state index in [1.807, 2.05) is 38.6 Å². The molecule has 0 saturated heterocycles. The molecule has 0 atom stereocenters. The van der Waals surface area contributed by atoms with Crippen molar-refractivity contribution in [2.45, 2.75) is 13.0 Å². The Bertz CT molecular complexity index is 893. The van der Waals surface area contributed by atoms with E-state index in [1.165, 1.54) is 17.8 Å². The molecule has 0 aliphatic heterocycles. The monoisotopic (exact) mass is 368 g/mol. The van der Waals surface area contributed by atoms with E-state index in [2.05, 4.69) is 30.9 Å². The maximum Gasteiger partial charge on any atom is 0.193 e. The Labute approximate surface area is 158 Å². The summed E-state index contributed by atoms with van der Waals surface area (Å²) in [5.41, 5.74) is 3.03. The van der Waals surface area contributed by atoms with Crippen LogP contribution in [-0.4, -0.2) is 45.8 Å². The third-order valence-electron chi connectivity index (χ3n) is 4.42. The lowest BCUT2D eigenvalue weighted by Crippen LogP contribution is -2.39. The molecule has 0 bridgehead atoms. The first-order valence-electron chi connectivity index (χ1n) is 8.89. The van der Waals surface area contributed by atoms with Gasteiger partial charge in [-0.1, -0.05) is 0 Å². The highest BCUT2D eigenvalue weighted by Crippen LogP contribution is 2.09. The van der Waals surface area contributed by atoms with Gasteiger partial charge in [0.05, 0.1) is 17.9 Å². The second-order valence-electron chi connectivity index (χ2n) is 6.42. The number of nitrogens with zero attached hydrogens (tertiary/aromatic N) is 5. The highest BCUT2D eigenvalue weighted by molar-refractivity contribution is 5.79. The zero-order chi connectivity index (χ0) is 19.2. The first-order chi connectivity index (χ1) is 13.1. The Hall–Kier alpha value is -3.09. The molecule has 0 saturated carbocycles. The van der Waals surface area contributed by atoms with E-state index in [4.69, 9.17) is 0 Å². The highest BCUT2D eigenvalue weighted by Gasteiger charge is 2.08. The van der Waals surface area contributed by atoms with Gasteiger partial charge in [0.15, 0.2) is 5.96 Å². The molecule has 3 aromatic rings. The van der Waals surface area contributed by atoms with Crippen LogP contribution in [0.1, 0.15) is 11.4 Å². The lowest BCUT2D eigenvalue weighted by atomic mass is 10.3. The van der Waals surface area contributed by atoms with Crippen molar-refractivity contribution in [2.24, 2.45) is 12.0 Å². The molecule has 3 rings (SSSR count). The van der Waals surface area contributed by atoms with Gasteiger partial charge < -0.3 is 14.8 Å². The van der Waals surface area contributed by atoms with Crippen LogP contribution in [-0.2, 0) is 20.0 Å². The number of benzene rings is 1. The average Bonchev–Trinajstić information content (AvgIpc) is 3.29. The van der Waals surface area contributed by atoms with Gasteiger partial charge in [-0.05, 0) is 42.5 Å². The molecule has 0 amide bonds. The van der Waals surface area contributed by atoms with Gasteiger partial charge in [-0.2, -0.15) is 5.10 Å². The van der Waals surface area contributed by atoms with Crippen molar-refractivity contribution in [1.29, 1.82) is 0 Å². The maximum absolute atomic E-state index is 13.0. The minimum Gasteiger partial charge on any atom is -0.356 e. The number of hydrogen-bond acceptors (Lipinski definition) is 2. The summed E-state index contributed by atoms with van der Waals surface area (Å²) < 4.78 is 16.9. The summed E-state index contributed by atoms with van der Waals surface area (Å²) >= 11 is 0. The summed E-state index contributed by atoms with van der Waals surface area (Å²) in [4.78, 5) is 6.44. The van der Waals surface area contributed by atoms with Crippen LogP contribution < -0.4 is 5.32 Å². The fourth-order valence-corrected chi connectivity index (χ4v) is 2.90. The molecule has 27 heavy (non-hydrogen) atoms. The molecule has 6 nitrogen and oxygen atoms in total. The summed E-state index contributed by atoms with van der Waals surface area (Å²) in [7, 11) is 5.84. The largest absolute Gasteiger partial charge is 0.356 e. The second kappa shape index (κ2) is 8.53. The zero-order valence-corrected chi connectivity index (χ0v) is 15.9. The number of halogens is 1. The summed E-state index contributed by atoms with van der Waals surface area (Å²) in [5, 5.41) is 7.92. The third kappa shape index (κ3) is 4.75. The lowest BCUT2D eigenvalue weighted by molar-refractivity contribution is 0.462. The molecule has 2 aromatic heterocycles. The van der Waals surface area contributed by atoms with Crippen molar-refractivity contribution < 1.29 is 4.39 Å². The van der Waals surface area contributed by atoms with E-state index in [-0.39, 0.29) is 5.82 Å². The van der Waals surface area contributed by atoms with Crippen LogP contribution >= 0.6 is 0 Å². The minimum absolute atomic E-state index is 0.249. The van der Waals surface area contributed by atoms with Gasteiger partial charge in [0.1, 0.15) is 5.82 Å². The molecular formula is C20H25FN6. The van der Waals surface area contributed by atoms with Gasteiger partial charge in [0, 0.05) is 52.2 Å². The topological polar surface area (TPSA) is 50.4 Å². The average molecular weight is 368 g/mol. The Morgan fingerprint density at radius 1 is 1.19 bits per heavy atom. The van der Waals surface area contributed by atoms with Gasteiger partial charge in [0.2, 0.25) is 0 Å². The van der Waals surface area contributed by atoms with Gasteiger partial charge >= 0.3 is 0 Å². The molecule has 142 valence electrons. The van der Waals surface area contributed by atoms with Crippen molar-refractivity contribution in [2.75, 3.05) is 20.6 Å². The number of aryl methyl sites for hydroxylation is 1. The lowest BCUT2D eigenvalue weighted by Gasteiger charge is -2.22. The van der Waals surface area contributed by atoms with Crippen LogP contribution in [0.3, 0.4) is 0 Å². The first-order valence-corrected chi connectivity index (χ1v) is 8.89. The fraction of sp³-hybridized carbons (Fsp3) is 0.300. The van der Waals surface area contributed by atoms with Crippen molar-refractivity contribution >= 4 is 5.96 Å². The zero-order valence-electron chi connectivity index (χ0n) is 15.9. The highest BCUT2D eigenvalue weighted by atomic mass is 19.1. The van der Waals surface area contributed by atoms with Gasteiger partial charge in [-0.3, -0.25) is 4.99 Å². The summed E-state index contributed by atoms with van der Waals surface area (Å²) in [6, 6.07) is 12.4. The predicted octanol–water partition coefficient (Wildman–Crippen LogP) is 2.60. The number of aliphatic imine (C=N–C) groups is 1. The first kappa shape index (κ1) is 18.7. The van der Waals surface area contributed by atoms with Crippen LogP contribution in [0.4, 0.5) is 4.39 Å². The summed E-state index contributed by atoms with van der Waals surface area (Å²) in [5.74, 6) is 0.593. The predicted molar refractivity (Wildman–Crippen MR) is 105 cm³/mol. The molecule has 0 spiro atoms. The number of aromatic nitrogens is 3. The fourth-order valence-electron chi connectivity index (χ4n) is 2.90. The number of nitrogens with one attached hydrogen (secondary N) is 1. The molecule has 0 aliphatic carbocycles. The van der Waals surface area contributed by atoms with E-state index < -0.39 is 0 Å². The number of guanidine groups is 1. The molecule has 7 heteroatoms. The Kier molecular flexibility index (Phi) is 5.90.